The second kappa shape index (κ2) is 9.29. The Morgan fingerprint density at radius 1 is 1.14 bits per heavy atom. The molecule has 2 aromatic carbocycles. The second-order valence-corrected chi connectivity index (χ2v) is 7.66. The third-order valence-electron chi connectivity index (χ3n) is 5.73. The predicted octanol–water partition coefficient (Wildman–Crippen LogP) is 3.13. The molecule has 0 aliphatic carbocycles. The van der Waals surface area contributed by atoms with E-state index in [-0.39, 0.29) is 12.7 Å². The SMILES string of the molecule is COc1ccc(CN2CCC(CNC(=O)[C@@H]3OCOc4ccccc43)CC2)cc1. The van der Waals surface area contributed by atoms with Crippen LogP contribution in [0.2, 0.25) is 0 Å². The molecule has 1 N–H and O–H groups in total. The third-order valence-corrected chi connectivity index (χ3v) is 5.73. The highest BCUT2D eigenvalue weighted by Gasteiger charge is 2.29. The number of ether oxygens (including phenoxy) is 3. The molecule has 1 atom stereocenters. The Labute approximate surface area is 171 Å². The largest absolute Gasteiger partial charge is 0.497 e. The fourth-order valence-corrected chi connectivity index (χ4v) is 3.98. The number of benzene rings is 2. The molecule has 2 heterocycles. The third kappa shape index (κ3) is 4.89. The summed E-state index contributed by atoms with van der Waals surface area (Å²) in [6.07, 6.45) is 1.58. The molecule has 0 saturated carbocycles. The van der Waals surface area contributed by atoms with E-state index in [1.54, 1.807) is 7.11 Å². The second-order valence-electron chi connectivity index (χ2n) is 7.66. The maximum atomic E-state index is 12.6. The van der Waals surface area contributed by atoms with Crippen molar-refractivity contribution >= 4 is 5.91 Å². The molecule has 2 aliphatic heterocycles. The molecule has 2 aliphatic rings. The standard InChI is InChI=1S/C23H28N2O4/c1-27-19-8-6-18(7-9-19)15-25-12-10-17(11-13-25)14-24-23(26)22-20-4-2-3-5-21(20)28-16-29-22/h2-9,17,22H,10-16H2,1H3,(H,24,26)/t22-/m1/s1. The van der Waals surface area contributed by atoms with Crippen molar-refractivity contribution in [2.45, 2.75) is 25.5 Å². The van der Waals surface area contributed by atoms with Gasteiger partial charge >= 0.3 is 0 Å². The summed E-state index contributed by atoms with van der Waals surface area (Å²) >= 11 is 0. The summed E-state index contributed by atoms with van der Waals surface area (Å²) in [5.41, 5.74) is 2.10. The molecule has 29 heavy (non-hydrogen) atoms. The number of hydrogen-bond donors (Lipinski definition) is 1. The Hall–Kier alpha value is -2.57. The van der Waals surface area contributed by atoms with E-state index < -0.39 is 6.10 Å². The summed E-state index contributed by atoms with van der Waals surface area (Å²) in [6.45, 7) is 3.85. The number of piperidine rings is 1. The maximum Gasteiger partial charge on any atom is 0.254 e. The average Bonchev–Trinajstić information content (AvgIpc) is 2.78. The van der Waals surface area contributed by atoms with E-state index in [1.807, 2.05) is 36.4 Å². The highest BCUT2D eigenvalue weighted by atomic mass is 16.7. The molecule has 6 nitrogen and oxygen atoms in total. The van der Waals surface area contributed by atoms with Gasteiger partial charge in [-0.3, -0.25) is 9.69 Å². The van der Waals surface area contributed by atoms with E-state index in [0.717, 1.165) is 49.5 Å². The monoisotopic (exact) mass is 396 g/mol. The molecular weight excluding hydrogens is 368 g/mol. The van der Waals surface area contributed by atoms with E-state index in [2.05, 4.69) is 22.3 Å². The first-order chi connectivity index (χ1) is 14.2. The zero-order valence-electron chi connectivity index (χ0n) is 16.8. The van der Waals surface area contributed by atoms with Crippen molar-refractivity contribution in [1.82, 2.24) is 10.2 Å². The van der Waals surface area contributed by atoms with Crippen LogP contribution in [0.1, 0.15) is 30.1 Å². The smallest absolute Gasteiger partial charge is 0.254 e. The predicted molar refractivity (Wildman–Crippen MR) is 110 cm³/mol. The van der Waals surface area contributed by atoms with Crippen LogP contribution >= 0.6 is 0 Å². The minimum atomic E-state index is -0.588. The molecule has 1 amide bonds. The summed E-state index contributed by atoms with van der Waals surface area (Å²) in [5.74, 6) is 2.03. The molecule has 0 unspecified atom stereocenters. The van der Waals surface area contributed by atoms with Crippen molar-refractivity contribution in [3.63, 3.8) is 0 Å². The first-order valence-electron chi connectivity index (χ1n) is 10.2. The molecule has 4 rings (SSSR count). The molecule has 1 fully saturated rings. The Morgan fingerprint density at radius 3 is 2.66 bits per heavy atom. The first-order valence-corrected chi connectivity index (χ1v) is 10.2. The van der Waals surface area contributed by atoms with Gasteiger partial charge < -0.3 is 19.5 Å². The fourth-order valence-electron chi connectivity index (χ4n) is 3.98. The van der Waals surface area contributed by atoms with Gasteiger partial charge in [-0.25, -0.2) is 0 Å². The minimum absolute atomic E-state index is 0.0820. The topological polar surface area (TPSA) is 60.0 Å². The number of fused-ring (bicyclic) bond motifs is 1. The molecule has 0 radical (unpaired) electrons. The van der Waals surface area contributed by atoms with E-state index in [4.69, 9.17) is 14.2 Å². The number of carbonyl (C=O) groups is 1. The lowest BCUT2D eigenvalue weighted by molar-refractivity contribution is -0.142. The first kappa shape index (κ1) is 19.7. The summed E-state index contributed by atoms with van der Waals surface area (Å²) in [7, 11) is 1.69. The quantitative estimate of drug-likeness (QED) is 0.813. The molecule has 2 aromatic rings. The van der Waals surface area contributed by atoms with Crippen LogP contribution in [0, 0.1) is 5.92 Å². The van der Waals surface area contributed by atoms with Crippen LogP contribution in [0.3, 0.4) is 0 Å². The Kier molecular flexibility index (Phi) is 6.32. The summed E-state index contributed by atoms with van der Waals surface area (Å²) in [6, 6.07) is 15.8. The van der Waals surface area contributed by atoms with Crippen LogP contribution in [-0.2, 0) is 16.1 Å². The van der Waals surface area contributed by atoms with Gasteiger partial charge in [0.25, 0.3) is 5.91 Å². The molecule has 1 saturated heterocycles. The number of likely N-dealkylation sites (tertiary alicyclic amines) is 1. The Bertz CT molecular complexity index is 816. The Morgan fingerprint density at radius 2 is 1.90 bits per heavy atom. The lowest BCUT2D eigenvalue weighted by atomic mass is 9.96. The zero-order chi connectivity index (χ0) is 20.1. The van der Waals surface area contributed by atoms with Crippen LogP contribution in [0.25, 0.3) is 0 Å². The van der Waals surface area contributed by atoms with Gasteiger partial charge in [-0.15, -0.1) is 0 Å². The number of amides is 1. The average molecular weight is 396 g/mol. The molecule has 0 bridgehead atoms. The Balaban J connectivity index is 1.22. The number of methoxy groups -OCH3 is 1. The van der Waals surface area contributed by atoms with Crippen molar-refractivity contribution in [3.05, 3.63) is 59.7 Å². The van der Waals surface area contributed by atoms with Crippen LogP contribution < -0.4 is 14.8 Å². The number of nitrogens with one attached hydrogen (secondary N) is 1. The van der Waals surface area contributed by atoms with Gasteiger partial charge in [0.1, 0.15) is 11.5 Å². The van der Waals surface area contributed by atoms with Crippen molar-refractivity contribution in [1.29, 1.82) is 0 Å². The van der Waals surface area contributed by atoms with Crippen molar-refractivity contribution in [3.8, 4) is 11.5 Å². The lowest BCUT2D eigenvalue weighted by Gasteiger charge is -2.32. The minimum Gasteiger partial charge on any atom is -0.497 e. The van der Waals surface area contributed by atoms with E-state index >= 15 is 0 Å². The van der Waals surface area contributed by atoms with Gasteiger partial charge in [0.05, 0.1) is 7.11 Å². The lowest BCUT2D eigenvalue weighted by Crippen LogP contribution is -2.40. The number of para-hydroxylation sites is 1. The van der Waals surface area contributed by atoms with Crippen LogP contribution in [0.4, 0.5) is 0 Å². The summed E-state index contributed by atoms with van der Waals surface area (Å²) < 4.78 is 16.2. The summed E-state index contributed by atoms with van der Waals surface area (Å²) in [5, 5.41) is 3.09. The van der Waals surface area contributed by atoms with Gasteiger partial charge in [0.2, 0.25) is 0 Å². The van der Waals surface area contributed by atoms with Gasteiger partial charge in [-0.2, -0.15) is 0 Å². The van der Waals surface area contributed by atoms with E-state index in [1.165, 1.54) is 5.56 Å². The highest BCUT2D eigenvalue weighted by Crippen LogP contribution is 2.31. The highest BCUT2D eigenvalue weighted by molar-refractivity contribution is 5.83. The maximum absolute atomic E-state index is 12.6. The van der Waals surface area contributed by atoms with Crippen molar-refractivity contribution in [2.24, 2.45) is 5.92 Å². The van der Waals surface area contributed by atoms with Crippen molar-refractivity contribution in [2.75, 3.05) is 33.5 Å². The van der Waals surface area contributed by atoms with Gasteiger partial charge in [0.15, 0.2) is 12.9 Å². The fraction of sp³-hybridized carbons (Fsp3) is 0.435. The van der Waals surface area contributed by atoms with Gasteiger partial charge in [-0.1, -0.05) is 30.3 Å². The normalized spacial score (nSPS) is 19.8. The number of carbonyl (C=O) groups excluding carboxylic acids is 1. The number of hydrogen-bond acceptors (Lipinski definition) is 5. The molecule has 0 spiro atoms. The molecule has 6 heteroatoms. The molecular formula is C23H28N2O4. The van der Waals surface area contributed by atoms with Gasteiger partial charge in [0, 0.05) is 18.7 Å². The van der Waals surface area contributed by atoms with Crippen LogP contribution in [0.5, 0.6) is 11.5 Å². The van der Waals surface area contributed by atoms with E-state index in [9.17, 15) is 4.79 Å². The number of rotatable bonds is 6. The zero-order valence-corrected chi connectivity index (χ0v) is 16.8. The van der Waals surface area contributed by atoms with Crippen molar-refractivity contribution < 1.29 is 19.0 Å². The summed E-state index contributed by atoms with van der Waals surface area (Å²) in [4.78, 5) is 15.1. The van der Waals surface area contributed by atoms with E-state index in [0.29, 0.717) is 12.5 Å². The molecule has 0 aromatic heterocycles. The van der Waals surface area contributed by atoms with Crippen LogP contribution in [0.15, 0.2) is 48.5 Å². The number of nitrogens with zero attached hydrogens (tertiary/aromatic N) is 1. The van der Waals surface area contributed by atoms with Gasteiger partial charge in [-0.05, 0) is 55.6 Å². The van der Waals surface area contributed by atoms with Crippen LogP contribution in [-0.4, -0.2) is 44.3 Å². The molecule has 154 valence electrons.